The van der Waals surface area contributed by atoms with E-state index in [-0.39, 0.29) is 18.0 Å². The van der Waals surface area contributed by atoms with Crippen molar-refractivity contribution in [3.8, 4) is 0 Å². The van der Waals surface area contributed by atoms with Crippen LogP contribution in [0.1, 0.15) is 82.9 Å². The van der Waals surface area contributed by atoms with Crippen molar-refractivity contribution in [1.29, 1.82) is 0 Å². The van der Waals surface area contributed by atoms with Gasteiger partial charge in [0.25, 0.3) is 0 Å². The van der Waals surface area contributed by atoms with Gasteiger partial charge in [0.2, 0.25) is 17.8 Å². The zero-order chi connectivity index (χ0) is 36.6. The molecule has 0 atom stereocenters. The monoisotopic (exact) mass is 697 g/mol. The largest absolute Gasteiger partial charge is 0.478 e. The van der Waals surface area contributed by atoms with Crippen LogP contribution in [0.3, 0.4) is 0 Å². The normalized spacial score (nSPS) is 15.9. The molecule has 2 aliphatic rings. The van der Waals surface area contributed by atoms with Crippen molar-refractivity contribution in [3.05, 3.63) is 35.4 Å². The Kier molecular flexibility index (Phi) is 12.5. The van der Waals surface area contributed by atoms with Gasteiger partial charge in [0, 0.05) is 82.9 Å². The number of carboxylic acids is 1. The highest BCUT2D eigenvalue weighted by Crippen LogP contribution is 2.19. The van der Waals surface area contributed by atoms with Gasteiger partial charge in [-0.15, -0.1) is 0 Å². The molecule has 4 rings (SSSR count). The fraction of sp³-hybridized carbons (Fsp3) is 0.647. The number of hydrogen-bond donors (Lipinski definition) is 1. The molecular formula is C34H51N9O7. The highest BCUT2D eigenvalue weighted by atomic mass is 16.6. The van der Waals surface area contributed by atoms with Crippen LogP contribution in [0.4, 0.5) is 21.5 Å². The van der Waals surface area contributed by atoms with Gasteiger partial charge in [-0.2, -0.15) is 0 Å². The average molecular weight is 698 g/mol. The second kappa shape index (κ2) is 16.4. The highest BCUT2D eigenvalue weighted by Gasteiger charge is 2.32. The lowest BCUT2D eigenvalue weighted by Gasteiger charge is -2.36. The van der Waals surface area contributed by atoms with E-state index in [9.17, 15) is 24.3 Å². The number of aryl methyl sites for hydroxylation is 1. The number of piperazine rings is 2. The third-order valence-corrected chi connectivity index (χ3v) is 8.12. The molecule has 1 N–H and O–H groups in total. The quantitative estimate of drug-likeness (QED) is 0.382. The van der Waals surface area contributed by atoms with Crippen LogP contribution in [-0.4, -0.2) is 134 Å². The van der Waals surface area contributed by atoms with E-state index in [1.54, 1.807) is 53.9 Å². The summed E-state index contributed by atoms with van der Waals surface area (Å²) >= 11 is 0. The van der Waals surface area contributed by atoms with E-state index in [0.717, 1.165) is 44.0 Å². The van der Waals surface area contributed by atoms with Gasteiger partial charge < -0.3 is 29.3 Å². The number of imide groups is 1. The van der Waals surface area contributed by atoms with E-state index >= 15 is 0 Å². The molecule has 0 bridgehead atoms. The Bertz CT molecular complexity index is 1460. The predicted molar refractivity (Wildman–Crippen MR) is 185 cm³/mol. The molecule has 2 aliphatic heterocycles. The summed E-state index contributed by atoms with van der Waals surface area (Å²) in [6.07, 6.45) is 4.66. The molecule has 0 aliphatic carbocycles. The zero-order valence-electron chi connectivity index (χ0n) is 30.3. The maximum absolute atomic E-state index is 13.0. The zero-order valence-corrected chi connectivity index (χ0v) is 30.3. The molecule has 2 aromatic heterocycles. The maximum atomic E-state index is 13.0. The molecule has 0 saturated carbocycles. The summed E-state index contributed by atoms with van der Waals surface area (Å²) in [5.74, 6) is 0.183. The van der Waals surface area contributed by atoms with Crippen LogP contribution in [-0.2, 0) is 27.2 Å². The van der Waals surface area contributed by atoms with E-state index in [2.05, 4.69) is 29.7 Å². The number of nitrogens with zero attached hydrogens (tertiary/aromatic N) is 9. The lowest BCUT2D eigenvalue weighted by Crippen LogP contribution is -2.49. The summed E-state index contributed by atoms with van der Waals surface area (Å²) in [6, 6.07) is 0. The van der Waals surface area contributed by atoms with E-state index in [0.29, 0.717) is 62.2 Å². The summed E-state index contributed by atoms with van der Waals surface area (Å²) in [7, 11) is 0. The predicted octanol–water partition coefficient (Wildman–Crippen LogP) is 3.45. The first-order chi connectivity index (χ1) is 23.5. The number of carbonyl (C=O) groups is 4. The Morgan fingerprint density at radius 2 is 1.30 bits per heavy atom. The summed E-state index contributed by atoms with van der Waals surface area (Å²) in [5.41, 5.74) is -0.376. The molecular weight excluding hydrogens is 646 g/mol. The fourth-order valence-corrected chi connectivity index (χ4v) is 5.56. The van der Waals surface area contributed by atoms with Crippen LogP contribution in [0.25, 0.3) is 0 Å². The van der Waals surface area contributed by atoms with Crippen LogP contribution in [0, 0.1) is 0 Å². The van der Waals surface area contributed by atoms with Crippen LogP contribution >= 0.6 is 0 Å². The average Bonchev–Trinajstić information content (AvgIpc) is 3.05. The molecule has 2 fully saturated rings. The van der Waals surface area contributed by atoms with Crippen molar-refractivity contribution in [1.82, 2.24) is 34.6 Å². The molecule has 2 aromatic rings. The second-order valence-corrected chi connectivity index (χ2v) is 14.4. The number of ether oxygens (including phenoxy) is 2. The maximum Gasteiger partial charge on any atom is 0.420 e. The Labute approximate surface area is 293 Å². The van der Waals surface area contributed by atoms with Crippen molar-refractivity contribution in [3.63, 3.8) is 0 Å². The molecule has 274 valence electrons. The number of amides is 3. The molecule has 16 nitrogen and oxygen atoms in total. The van der Waals surface area contributed by atoms with Gasteiger partial charge in [0.05, 0.1) is 17.8 Å². The highest BCUT2D eigenvalue weighted by molar-refractivity contribution is 5.89. The molecule has 4 heterocycles. The van der Waals surface area contributed by atoms with Crippen molar-refractivity contribution in [2.75, 3.05) is 68.7 Å². The summed E-state index contributed by atoms with van der Waals surface area (Å²) in [6.45, 7) is 18.3. The minimum Gasteiger partial charge on any atom is -0.478 e. The first-order valence-electron chi connectivity index (χ1n) is 17.2. The van der Waals surface area contributed by atoms with E-state index in [4.69, 9.17) is 9.47 Å². The molecule has 0 radical (unpaired) electrons. The Hall–Kier alpha value is -4.60. The standard InChI is InChI=1S/C34H51N9O7/c1-8-26-25(28(45)46)22-37-30(38-26)42-14-12-39(13-15-42)11-9-10-27(44)40-16-18-41(19-17-40)29-35-20-24(21-36-29)23-43(31(47)49-33(2,3)4)32(48)50-34(5,6)7/h20-22H,8-19,23H2,1-7H3,(H,45,46). The molecule has 0 aromatic carbocycles. The number of aromatic nitrogens is 4. The van der Waals surface area contributed by atoms with E-state index in [1.165, 1.54) is 6.20 Å². The van der Waals surface area contributed by atoms with Gasteiger partial charge in [-0.05, 0) is 60.9 Å². The van der Waals surface area contributed by atoms with Gasteiger partial charge in [-0.1, -0.05) is 6.92 Å². The van der Waals surface area contributed by atoms with Crippen LogP contribution in [0.15, 0.2) is 18.6 Å². The Morgan fingerprint density at radius 1 is 0.780 bits per heavy atom. The van der Waals surface area contributed by atoms with Crippen LogP contribution in [0.2, 0.25) is 0 Å². The van der Waals surface area contributed by atoms with E-state index in [1.807, 2.05) is 16.7 Å². The minimum atomic E-state index is -1.01. The van der Waals surface area contributed by atoms with Gasteiger partial charge in [0.15, 0.2) is 0 Å². The molecule has 0 spiro atoms. The third kappa shape index (κ3) is 11.0. The van der Waals surface area contributed by atoms with Crippen LogP contribution < -0.4 is 9.80 Å². The number of carboxylic acid groups (broad SMARTS) is 1. The lowest BCUT2D eigenvalue weighted by atomic mass is 10.2. The summed E-state index contributed by atoms with van der Waals surface area (Å²) in [5, 5.41) is 9.34. The van der Waals surface area contributed by atoms with Crippen molar-refractivity contribution in [2.45, 2.75) is 85.5 Å². The Balaban J connectivity index is 1.20. The molecule has 0 unspecified atom stereocenters. The van der Waals surface area contributed by atoms with Crippen molar-refractivity contribution in [2.24, 2.45) is 0 Å². The molecule has 2 saturated heterocycles. The van der Waals surface area contributed by atoms with Crippen LogP contribution in [0.5, 0.6) is 0 Å². The first kappa shape index (κ1) is 38.2. The second-order valence-electron chi connectivity index (χ2n) is 14.4. The Morgan fingerprint density at radius 3 is 1.82 bits per heavy atom. The minimum absolute atomic E-state index is 0.112. The number of aromatic carboxylic acids is 1. The van der Waals surface area contributed by atoms with Gasteiger partial charge in [-0.25, -0.2) is 39.2 Å². The third-order valence-electron chi connectivity index (χ3n) is 8.12. The van der Waals surface area contributed by atoms with Gasteiger partial charge in [0.1, 0.15) is 11.2 Å². The molecule has 50 heavy (non-hydrogen) atoms. The smallest absolute Gasteiger partial charge is 0.420 e. The van der Waals surface area contributed by atoms with E-state index < -0.39 is 29.4 Å². The first-order valence-corrected chi connectivity index (χ1v) is 17.2. The topological polar surface area (TPSA) is 175 Å². The summed E-state index contributed by atoms with van der Waals surface area (Å²) in [4.78, 5) is 77.0. The van der Waals surface area contributed by atoms with Gasteiger partial charge in [-0.3, -0.25) is 9.69 Å². The van der Waals surface area contributed by atoms with Crippen molar-refractivity contribution >= 4 is 36.0 Å². The van der Waals surface area contributed by atoms with Gasteiger partial charge >= 0.3 is 18.2 Å². The number of hydrogen-bond acceptors (Lipinski definition) is 13. The number of anilines is 2. The van der Waals surface area contributed by atoms with Crippen molar-refractivity contribution < 1.29 is 33.8 Å². The SMILES string of the molecule is CCc1nc(N2CCN(CCCC(=O)N3CCN(c4ncc(CN(C(=O)OC(C)(C)C)C(=O)OC(C)(C)C)cn4)CC3)CC2)ncc1C(=O)O. The number of rotatable bonds is 10. The molecule has 3 amide bonds. The lowest BCUT2D eigenvalue weighted by molar-refractivity contribution is -0.131. The number of carbonyl (C=O) groups excluding carboxylic acids is 3. The molecule has 16 heteroatoms. The fourth-order valence-electron chi connectivity index (χ4n) is 5.56. The summed E-state index contributed by atoms with van der Waals surface area (Å²) < 4.78 is 10.9.